The fourth-order valence-electron chi connectivity index (χ4n) is 2.67. The molecule has 0 saturated carbocycles. The average molecular weight is 358 g/mol. The number of fused-ring (bicyclic) bond motifs is 1. The molecule has 0 aliphatic heterocycles. The first-order valence-corrected chi connectivity index (χ1v) is 8.84. The summed E-state index contributed by atoms with van der Waals surface area (Å²) in [7, 11) is 0. The van der Waals surface area contributed by atoms with E-state index in [1.54, 1.807) is 42.2 Å². The van der Waals surface area contributed by atoms with Crippen LogP contribution in [-0.2, 0) is 0 Å². The fraction of sp³-hybridized carbons (Fsp3) is 0. The van der Waals surface area contributed by atoms with Gasteiger partial charge in [0, 0.05) is 28.4 Å². The minimum atomic E-state index is -0.204. The van der Waals surface area contributed by atoms with Crippen LogP contribution in [0.3, 0.4) is 0 Å². The lowest BCUT2D eigenvalue weighted by molar-refractivity contribution is 0.104. The van der Waals surface area contributed by atoms with Gasteiger partial charge in [0.25, 0.3) is 0 Å². The van der Waals surface area contributed by atoms with Gasteiger partial charge in [0.1, 0.15) is 10.8 Å². The number of carbonyl (C=O) groups excluding carboxylic acids is 1. The number of aliphatic hydroxyl groups is 1. The van der Waals surface area contributed by atoms with Crippen LogP contribution in [0.5, 0.6) is 0 Å². The number of Topliss-reactive ketones (excluding diaryl/α,β-unsaturated/α-hetero) is 1. The number of pyridine rings is 1. The molecule has 4 nitrogen and oxygen atoms in total. The van der Waals surface area contributed by atoms with Crippen LogP contribution in [0.1, 0.15) is 15.9 Å². The summed E-state index contributed by atoms with van der Waals surface area (Å²) in [5, 5.41) is 11.2. The van der Waals surface area contributed by atoms with E-state index in [4.69, 9.17) is 0 Å². The van der Waals surface area contributed by atoms with Crippen molar-refractivity contribution in [1.82, 2.24) is 4.98 Å². The van der Waals surface area contributed by atoms with E-state index >= 15 is 0 Å². The van der Waals surface area contributed by atoms with Crippen molar-refractivity contribution in [1.29, 1.82) is 0 Å². The molecule has 0 unspecified atom stereocenters. The van der Waals surface area contributed by atoms with Gasteiger partial charge in [-0.05, 0) is 36.4 Å². The molecule has 126 valence electrons. The highest BCUT2D eigenvalue weighted by Crippen LogP contribution is 2.31. The molecule has 5 heteroatoms. The van der Waals surface area contributed by atoms with Gasteiger partial charge in [-0.1, -0.05) is 42.1 Å². The van der Waals surface area contributed by atoms with Gasteiger partial charge >= 0.3 is 0 Å². The zero-order chi connectivity index (χ0) is 17.9. The summed E-state index contributed by atoms with van der Waals surface area (Å²) in [5.41, 5.74) is 1.99. The van der Waals surface area contributed by atoms with Gasteiger partial charge in [-0.3, -0.25) is 9.79 Å². The lowest BCUT2D eigenvalue weighted by atomic mass is 10.1. The Labute approximate surface area is 155 Å². The Bertz CT molecular complexity index is 1030. The van der Waals surface area contributed by atoms with Crippen LogP contribution < -0.4 is 0 Å². The Hall–Kier alpha value is -3.18. The third-order valence-corrected chi connectivity index (χ3v) is 4.92. The number of nitrogens with zero attached hydrogens (tertiary/aromatic N) is 2. The molecule has 3 aromatic rings. The molecule has 0 radical (unpaired) electrons. The van der Waals surface area contributed by atoms with Gasteiger partial charge in [-0.15, -0.1) is 0 Å². The minimum Gasteiger partial charge on any atom is -0.506 e. The van der Waals surface area contributed by atoms with Gasteiger partial charge in [-0.2, -0.15) is 0 Å². The van der Waals surface area contributed by atoms with Crippen molar-refractivity contribution in [2.24, 2.45) is 4.99 Å². The highest BCUT2D eigenvalue weighted by Gasteiger charge is 2.27. The molecule has 0 fully saturated rings. The van der Waals surface area contributed by atoms with Gasteiger partial charge in [-0.25, -0.2) is 4.98 Å². The number of aliphatic imine (C=N–C) groups is 1. The van der Waals surface area contributed by atoms with E-state index in [0.717, 1.165) is 9.92 Å². The quantitative estimate of drug-likeness (QED) is 0.659. The first-order valence-electron chi connectivity index (χ1n) is 8.03. The summed E-state index contributed by atoms with van der Waals surface area (Å²) < 4.78 is 0. The molecule has 0 spiro atoms. The number of allylic oxidation sites excluding steroid dienone is 1. The zero-order valence-corrected chi connectivity index (χ0v) is 14.5. The average Bonchev–Trinajstić information content (AvgIpc) is 2.93. The smallest absolute Gasteiger partial charge is 0.199 e. The first kappa shape index (κ1) is 16.3. The van der Waals surface area contributed by atoms with Crippen LogP contribution in [0, 0.1) is 0 Å². The number of carbonyl (C=O) groups is 1. The van der Waals surface area contributed by atoms with E-state index in [9.17, 15) is 9.90 Å². The Morgan fingerprint density at radius 3 is 2.35 bits per heavy atom. The molecule has 1 aliphatic rings. The maximum absolute atomic E-state index is 12.4. The molecule has 0 bridgehead atoms. The third kappa shape index (κ3) is 3.17. The number of ketones is 1. The first-order chi connectivity index (χ1) is 12.7. The number of hydrogen-bond acceptors (Lipinski definition) is 5. The summed E-state index contributed by atoms with van der Waals surface area (Å²) >= 11 is 1.57. The second-order valence-electron chi connectivity index (χ2n) is 5.66. The van der Waals surface area contributed by atoms with E-state index in [2.05, 4.69) is 9.98 Å². The molecule has 2 aromatic carbocycles. The highest BCUT2D eigenvalue weighted by atomic mass is 32.2. The van der Waals surface area contributed by atoms with Crippen LogP contribution in [-0.4, -0.2) is 22.1 Å². The van der Waals surface area contributed by atoms with Crippen molar-refractivity contribution in [2.45, 2.75) is 9.92 Å². The van der Waals surface area contributed by atoms with Crippen molar-refractivity contribution in [3.8, 4) is 0 Å². The number of aromatic nitrogens is 1. The molecule has 1 N–H and O–H groups in total. The summed E-state index contributed by atoms with van der Waals surface area (Å²) in [6.45, 7) is 0. The predicted octanol–water partition coefficient (Wildman–Crippen LogP) is 5.10. The largest absolute Gasteiger partial charge is 0.506 e. The molecule has 26 heavy (non-hydrogen) atoms. The van der Waals surface area contributed by atoms with Crippen molar-refractivity contribution in [3.05, 3.63) is 89.6 Å². The molecule has 1 heterocycles. The molecule has 1 aliphatic carbocycles. The second kappa shape index (κ2) is 6.98. The third-order valence-electron chi connectivity index (χ3n) is 3.97. The van der Waals surface area contributed by atoms with Gasteiger partial charge < -0.3 is 5.11 Å². The molecule has 0 atom stereocenters. The minimum absolute atomic E-state index is 0.0170. The van der Waals surface area contributed by atoms with Crippen LogP contribution in [0.4, 0.5) is 5.69 Å². The van der Waals surface area contributed by atoms with Crippen LogP contribution in [0.15, 0.2) is 93.4 Å². The van der Waals surface area contributed by atoms with E-state index in [-0.39, 0.29) is 17.1 Å². The Balaban J connectivity index is 1.51. The molecule has 0 saturated heterocycles. The number of aliphatic hydroxyl groups excluding tert-OH is 1. The van der Waals surface area contributed by atoms with Crippen molar-refractivity contribution >= 4 is 35.2 Å². The second-order valence-corrected chi connectivity index (χ2v) is 6.75. The molecular formula is C21H14N2O2S. The molecule has 0 amide bonds. The van der Waals surface area contributed by atoms with E-state index in [1.165, 1.54) is 6.21 Å². The van der Waals surface area contributed by atoms with Gasteiger partial charge in [0.05, 0.1) is 11.3 Å². The normalized spacial score (nSPS) is 13.5. The zero-order valence-electron chi connectivity index (χ0n) is 13.7. The van der Waals surface area contributed by atoms with Crippen LogP contribution in [0.25, 0.3) is 5.76 Å². The standard InChI is InChI=1S/C21H14N2O2S/c24-20-16-5-1-2-6-17(16)21(25)18(20)13-23-14-8-10-15(11-9-14)26-19-7-3-4-12-22-19/h1-13,24H. The summed E-state index contributed by atoms with van der Waals surface area (Å²) in [6.07, 6.45) is 3.19. The Morgan fingerprint density at radius 1 is 0.923 bits per heavy atom. The fourth-order valence-corrected chi connectivity index (χ4v) is 3.45. The molecule has 4 rings (SSSR count). The number of rotatable bonds is 4. The summed E-state index contributed by atoms with van der Waals surface area (Å²) in [6, 6.07) is 20.4. The Morgan fingerprint density at radius 2 is 1.65 bits per heavy atom. The van der Waals surface area contributed by atoms with E-state index in [1.807, 2.05) is 42.5 Å². The monoisotopic (exact) mass is 358 g/mol. The van der Waals surface area contributed by atoms with Crippen LogP contribution >= 0.6 is 11.8 Å². The Kier molecular flexibility index (Phi) is 4.37. The molecule has 1 aromatic heterocycles. The predicted molar refractivity (Wildman–Crippen MR) is 103 cm³/mol. The highest BCUT2D eigenvalue weighted by molar-refractivity contribution is 7.99. The van der Waals surface area contributed by atoms with Crippen molar-refractivity contribution in [2.75, 3.05) is 0 Å². The van der Waals surface area contributed by atoms with E-state index in [0.29, 0.717) is 16.8 Å². The topological polar surface area (TPSA) is 62.5 Å². The summed E-state index contributed by atoms with van der Waals surface area (Å²) in [4.78, 5) is 22.0. The van der Waals surface area contributed by atoms with Crippen molar-refractivity contribution in [3.63, 3.8) is 0 Å². The maximum Gasteiger partial charge on any atom is 0.199 e. The SMILES string of the molecule is O=C1C(C=Nc2ccc(Sc3ccccn3)cc2)=C(O)c2ccccc21. The van der Waals surface area contributed by atoms with Crippen LogP contribution in [0.2, 0.25) is 0 Å². The molecular weight excluding hydrogens is 344 g/mol. The lowest BCUT2D eigenvalue weighted by Crippen LogP contribution is -1.99. The number of hydrogen-bond donors (Lipinski definition) is 1. The number of benzene rings is 2. The van der Waals surface area contributed by atoms with E-state index < -0.39 is 0 Å². The van der Waals surface area contributed by atoms with Crippen molar-refractivity contribution < 1.29 is 9.90 Å². The van der Waals surface area contributed by atoms with Gasteiger partial charge in [0.2, 0.25) is 0 Å². The lowest BCUT2D eigenvalue weighted by Gasteiger charge is -2.01. The van der Waals surface area contributed by atoms with Gasteiger partial charge in [0.15, 0.2) is 5.78 Å². The summed E-state index contributed by atoms with van der Waals surface area (Å²) in [5.74, 6) is -0.221. The maximum atomic E-state index is 12.4.